The average molecular weight is 480 g/mol. The Morgan fingerprint density at radius 3 is 2.81 bits per heavy atom. The largest absolute Gasteiger partial charge is 0.493 e. The topological polar surface area (TPSA) is 121 Å². The molecule has 1 unspecified atom stereocenters. The highest BCUT2D eigenvalue weighted by atomic mass is 32.2. The molecule has 0 saturated heterocycles. The number of carbonyl (C=O) groups excluding carboxylic acids is 2. The molecule has 2 aromatic heterocycles. The van der Waals surface area contributed by atoms with E-state index in [9.17, 15) is 19.5 Å². The lowest BCUT2D eigenvalue weighted by Crippen LogP contribution is -2.26. The Morgan fingerprint density at radius 2 is 2.16 bits per heavy atom. The highest BCUT2D eigenvalue weighted by Gasteiger charge is 2.34. The molecule has 0 fully saturated rings. The van der Waals surface area contributed by atoms with E-state index in [4.69, 9.17) is 4.74 Å². The van der Waals surface area contributed by atoms with Gasteiger partial charge in [-0.2, -0.15) is 4.98 Å². The Hall–Kier alpha value is -2.33. The third kappa shape index (κ3) is 5.92. The van der Waals surface area contributed by atoms with Crippen molar-refractivity contribution < 1.29 is 19.4 Å². The first-order valence-corrected chi connectivity index (χ1v) is 12.4. The molecule has 1 amide bonds. The van der Waals surface area contributed by atoms with Crippen LogP contribution in [0, 0.1) is 11.3 Å². The van der Waals surface area contributed by atoms with E-state index in [2.05, 4.69) is 36.1 Å². The van der Waals surface area contributed by atoms with Crippen LogP contribution < -0.4 is 10.9 Å². The summed E-state index contributed by atoms with van der Waals surface area (Å²) in [6.45, 7) is 8.74. The van der Waals surface area contributed by atoms with Crippen molar-refractivity contribution in [1.29, 1.82) is 0 Å². The number of H-pyrrole nitrogens is 1. The summed E-state index contributed by atoms with van der Waals surface area (Å²) in [5.41, 5.74) is 1.20. The Kier molecular flexibility index (Phi) is 7.66. The molecule has 1 aliphatic rings. The molecule has 8 nitrogen and oxygen atoms in total. The van der Waals surface area contributed by atoms with Crippen molar-refractivity contribution in [3.05, 3.63) is 32.4 Å². The number of fused-ring (bicyclic) bond motifs is 1. The van der Waals surface area contributed by atoms with E-state index in [0.717, 1.165) is 47.5 Å². The predicted octanol–water partition coefficient (Wildman–Crippen LogP) is 3.99. The van der Waals surface area contributed by atoms with Crippen molar-refractivity contribution in [3.63, 3.8) is 0 Å². The highest BCUT2D eigenvalue weighted by Crippen LogP contribution is 2.44. The van der Waals surface area contributed by atoms with E-state index in [0.29, 0.717) is 22.2 Å². The van der Waals surface area contributed by atoms with E-state index in [-0.39, 0.29) is 35.4 Å². The number of thioether (sulfide) groups is 1. The smallest absolute Gasteiger partial charge is 0.341 e. The van der Waals surface area contributed by atoms with E-state index < -0.39 is 11.5 Å². The number of nitrogens with zero attached hydrogens (tertiary/aromatic N) is 1. The van der Waals surface area contributed by atoms with Crippen LogP contribution in [-0.2, 0) is 22.4 Å². The molecule has 3 rings (SSSR count). The summed E-state index contributed by atoms with van der Waals surface area (Å²) in [5.74, 6) is -0.135. The fourth-order valence-electron chi connectivity index (χ4n) is 3.75. The summed E-state index contributed by atoms with van der Waals surface area (Å²) >= 11 is 2.63. The standard InChI is InChI=1S/C22H29N3O5S2/c1-5-30-20(29)18-13-7-6-12(22(2,3)4)10-14(13)32-19(18)23-15(26)8-9-31-21-24-16(27)11-17(28)25-21/h11-12H,5-10H2,1-4H3,(H,23,26)(H2,24,25,27,28). The second kappa shape index (κ2) is 10.1. The molecule has 174 valence electrons. The van der Waals surface area contributed by atoms with Gasteiger partial charge in [-0.1, -0.05) is 32.5 Å². The first-order valence-electron chi connectivity index (χ1n) is 10.6. The number of hydrogen-bond acceptors (Lipinski definition) is 8. The number of hydrogen-bond donors (Lipinski definition) is 3. The molecule has 0 radical (unpaired) electrons. The number of esters is 1. The zero-order valence-electron chi connectivity index (χ0n) is 18.7. The summed E-state index contributed by atoms with van der Waals surface area (Å²) < 4.78 is 5.28. The summed E-state index contributed by atoms with van der Waals surface area (Å²) in [6, 6.07) is 0.983. The van der Waals surface area contributed by atoms with Crippen LogP contribution in [-0.4, -0.2) is 39.3 Å². The van der Waals surface area contributed by atoms with Gasteiger partial charge in [-0.3, -0.25) is 9.59 Å². The highest BCUT2D eigenvalue weighted by molar-refractivity contribution is 7.99. The van der Waals surface area contributed by atoms with Gasteiger partial charge in [0.15, 0.2) is 5.16 Å². The summed E-state index contributed by atoms with van der Waals surface area (Å²) in [4.78, 5) is 44.1. The van der Waals surface area contributed by atoms with Crippen molar-refractivity contribution in [2.45, 2.75) is 58.5 Å². The van der Waals surface area contributed by atoms with Gasteiger partial charge in [-0.05, 0) is 43.1 Å². The van der Waals surface area contributed by atoms with Crippen LogP contribution in [0.4, 0.5) is 5.00 Å². The predicted molar refractivity (Wildman–Crippen MR) is 126 cm³/mol. The summed E-state index contributed by atoms with van der Waals surface area (Å²) in [6.07, 6.45) is 2.83. The van der Waals surface area contributed by atoms with Crippen LogP contribution in [0.3, 0.4) is 0 Å². The summed E-state index contributed by atoms with van der Waals surface area (Å²) in [7, 11) is 0. The van der Waals surface area contributed by atoms with Gasteiger partial charge in [0.25, 0.3) is 5.56 Å². The number of aromatic hydroxyl groups is 1. The molecular formula is C22H29N3O5S2. The number of nitrogens with one attached hydrogen (secondary N) is 2. The number of ether oxygens (including phenoxy) is 1. The number of aromatic nitrogens is 2. The molecule has 0 spiro atoms. The number of carbonyl (C=O) groups is 2. The van der Waals surface area contributed by atoms with Crippen LogP contribution in [0.25, 0.3) is 0 Å². The van der Waals surface area contributed by atoms with E-state index in [1.165, 1.54) is 11.3 Å². The molecule has 2 aromatic rings. The van der Waals surface area contributed by atoms with Crippen LogP contribution in [0.15, 0.2) is 16.0 Å². The van der Waals surface area contributed by atoms with Crippen LogP contribution in [0.5, 0.6) is 5.88 Å². The lowest BCUT2D eigenvalue weighted by atomic mass is 9.72. The van der Waals surface area contributed by atoms with Crippen molar-refractivity contribution in [2.75, 3.05) is 17.7 Å². The lowest BCUT2D eigenvalue weighted by molar-refractivity contribution is -0.115. The third-order valence-electron chi connectivity index (χ3n) is 5.50. The molecule has 1 aliphatic carbocycles. The Morgan fingerprint density at radius 1 is 1.41 bits per heavy atom. The SMILES string of the molecule is CCOC(=O)c1c(NC(=O)CCSc2nc(O)cc(=O)[nH]2)sc2c1CCC(C(C)(C)C)C2. The van der Waals surface area contributed by atoms with Gasteiger partial charge in [-0.15, -0.1) is 11.3 Å². The normalized spacial score (nSPS) is 15.8. The number of thiophene rings is 1. The Balaban J connectivity index is 1.72. The Labute approximate surface area is 195 Å². The quantitative estimate of drug-likeness (QED) is 0.312. The molecule has 10 heteroatoms. The molecule has 0 bridgehead atoms. The summed E-state index contributed by atoms with van der Waals surface area (Å²) in [5, 5.41) is 13.1. The van der Waals surface area contributed by atoms with Crippen molar-refractivity contribution in [1.82, 2.24) is 9.97 Å². The van der Waals surface area contributed by atoms with E-state index in [1.807, 2.05) is 0 Å². The van der Waals surface area contributed by atoms with Gasteiger partial charge in [0.2, 0.25) is 11.8 Å². The maximum atomic E-state index is 12.7. The minimum Gasteiger partial charge on any atom is -0.493 e. The molecule has 2 heterocycles. The first kappa shape index (κ1) is 24.3. The van der Waals surface area contributed by atoms with E-state index in [1.54, 1.807) is 6.92 Å². The molecular weight excluding hydrogens is 450 g/mol. The molecule has 1 atom stereocenters. The number of anilines is 1. The van der Waals surface area contributed by atoms with Crippen LogP contribution >= 0.6 is 23.1 Å². The van der Waals surface area contributed by atoms with Gasteiger partial charge in [-0.25, -0.2) is 4.79 Å². The lowest BCUT2D eigenvalue weighted by Gasteiger charge is -2.33. The van der Waals surface area contributed by atoms with Gasteiger partial charge in [0, 0.05) is 17.1 Å². The monoisotopic (exact) mass is 479 g/mol. The van der Waals surface area contributed by atoms with Crippen molar-refractivity contribution in [3.8, 4) is 5.88 Å². The third-order valence-corrected chi connectivity index (χ3v) is 7.54. The Bertz CT molecular complexity index is 1050. The fraction of sp³-hybridized carbons (Fsp3) is 0.545. The van der Waals surface area contributed by atoms with Crippen LogP contribution in [0.2, 0.25) is 0 Å². The van der Waals surface area contributed by atoms with Crippen molar-refractivity contribution in [2.24, 2.45) is 11.3 Å². The molecule has 32 heavy (non-hydrogen) atoms. The molecule has 0 aliphatic heterocycles. The van der Waals surface area contributed by atoms with Crippen LogP contribution in [0.1, 0.15) is 61.3 Å². The zero-order chi connectivity index (χ0) is 23.5. The van der Waals surface area contributed by atoms with Crippen molar-refractivity contribution >= 4 is 40.0 Å². The van der Waals surface area contributed by atoms with Gasteiger partial charge >= 0.3 is 5.97 Å². The number of rotatable bonds is 7. The minimum atomic E-state index is -0.457. The fourth-order valence-corrected chi connectivity index (χ4v) is 5.90. The van der Waals surface area contributed by atoms with Gasteiger partial charge < -0.3 is 20.1 Å². The van der Waals surface area contributed by atoms with Gasteiger partial charge in [0.1, 0.15) is 5.00 Å². The number of amides is 1. The molecule has 0 aromatic carbocycles. The maximum absolute atomic E-state index is 12.7. The molecule has 3 N–H and O–H groups in total. The van der Waals surface area contributed by atoms with E-state index >= 15 is 0 Å². The maximum Gasteiger partial charge on any atom is 0.341 e. The minimum absolute atomic E-state index is 0.152. The average Bonchev–Trinajstić information content (AvgIpc) is 3.03. The second-order valence-electron chi connectivity index (χ2n) is 8.79. The second-order valence-corrected chi connectivity index (χ2v) is 11.0. The number of aromatic amines is 1. The first-order chi connectivity index (χ1) is 15.1. The molecule has 0 saturated carbocycles. The zero-order valence-corrected chi connectivity index (χ0v) is 20.4. The van der Waals surface area contributed by atoms with Gasteiger partial charge in [0.05, 0.1) is 18.2 Å².